The van der Waals surface area contributed by atoms with Gasteiger partial charge in [0, 0.05) is 5.56 Å². The van der Waals surface area contributed by atoms with Crippen LogP contribution in [0.25, 0.3) is 16.9 Å². The molecule has 0 aliphatic rings. The lowest BCUT2D eigenvalue weighted by molar-refractivity contribution is 0.806. The molecule has 0 aliphatic carbocycles. The van der Waals surface area contributed by atoms with Crippen LogP contribution in [0.1, 0.15) is 5.56 Å². The molecular formula is C17H16N2S. The summed E-state index contributed by atoms with van der Waals surface area (Å²) in [6.07, 6.45) is 2.08. The van der Waals surface area contributed by atoms with Gasteiger partial charge in [-0.05, 0) is 31.4 Å². The number of aryl methyl sites for hydroxylation is 1. The summed E-state index contributed by atoms with van der Waals surface area (Å²) in [4.78, 5) is 0. The van der Waals surface area contributed by atoms with E-state index in [0.717, 1.165) is 22.0 Å². The standard InChI is InChI=1S/C17H16N2S/c1-13-8-10-15(11-9-13)19-17(20-2)12-16(18-19)14-6-4-3-5-7-14/h3-12H,1-2H3. The van der Waals surface area contributed by atoms with Gasteiger partial charge in [0.05, 0.1) is 11.4 Å². The lowest BCUT2D eigenvalue weighted by atomic mass is 10.2. The minimum Gasteiger partial charge on any atom is -0.227 e. The van der Waals surface area contributed by atoms with E-state index in [4.69, 9.17) is 5.10 Å². The molecule has 3 aromatic rings. The van der Waals surface area contributed by atoms with Crippen LogP contribution < -0.4 is 0 Å². The lowest BCUT2D eigenvalue weighted by Crippen LogP contribution is -1.97. The zero-order chi connectivity index (χ0) is 13.9. The molecule has 1 heterocycles. The second kappa shape index (κ2) is 5.55. The van der Waals surface area contributed by atoms with Crippen molar-refractivity contribution in [3.63, 3.8) is 0 Å². The number of hydrogen-bond donors (Lipinski definition) is 0. The van der Waals surface area contributed by atoms with E-state index in [1.807, 2.05) is 22.9 Å². The lowest BCUT2D eigenvalue weighted by Gasteiger charge is -2.05. The minimum atomic E-state index is 1.01. The molecule has 3 rings (SSSR count). The summed E-state index contributed by atoms with van der Waals surface area (Å²) in [5.41, 5.74) is 4.52. The van der Waals surface area contributed by atoms with Crippen molar-refractivity contribution in [1.29, 1.82) is 0 Å². The Balaban J connectivity index is 2.07. The summed E-state index contributed by atoms with van der Waals surface area (Å²) in [5.74, 6) is 0. The first-order valence-electron chi connectivity index (χ1n) is 6.54. The van der Waals surface area contributed by atoms with E-state index < -0.39 is 0 Å². The highest BCUT2D eigenvalue weighted by Gasteiger charge is 2.10. The van der Waals surface area contributed by atoms with Crippen molar-refractivity contribution in [2.24, 2.45) is 0 Å². The number of rotatable bonds is 3. The topological polar surface area (TPSA) is 17.8 Å². The normalized spacial score (nSPS) is 10.7. The summed E-state index contributed by atoms with van der Waals surface area (Å²) in [6, 6.07) is 20.9. The molecule has 0 spiro atoms. The van der Waals surface area contributed by atoms with Gasteiger partial charge in [0.15, 0.2) is 0 Å². The van der Waals surface area contributed by atoms with E-state index in [0.29, 0.717) is 0 Å². The summed E-state index contributed by atoms with van der Waals surface area (Å²) < 4.78 is 2.01. The Hall–Kier alpha value is -2.00. The fraction of sp³-hybridized carbons (Fsp3) is 0.118. The monoisotopic (exact) mass is 280 g/mol. The van der Waals surface area contributed by atoms with Crippen molar-refractivity contribution in [2.75, 3.05) is 6.26 Å². The van der Waals surface area contributed by atoms with Gasteiger partial charge >= 0.3 is 0 Å². The van der Waals surface area contributed by atoms with E-state index in [1.54, 1.807) is 11.8 Å². The quantitative estimate of drug-likeness (QED) is 0.654. The Morgan fingerprint density at radius 1 is 0.950 bits per heavy atom. The highest BCUT2D eigenvalue weighted by molar-refractivity contribution is 7.98. The molecule has 0 bridgehead atoms. The molecule has 2 nitrogen and oxygen atoms in total. The maximum atomic E-state index is 4.75. The summed E-state index contributed by atoms with van der Waals surface area (Å²) in [7, 11) is 0. The van der Waals surface area contributed by atoms with Crippen LogP contribution in [-0.2, 0) is 0 Å². The van der Waals surface area contributed by atoms with E-state index >= 15 is 0 Å². The molecular weight excluding hydrogens is 264 g/mol. The predicted octanol–water partition coefficient (Wildman–Crippen LogP) is 4.57. The van der Waals surface area contributed by atoms with Crippen LogP contribution in [0.4, 0.5) is 0 Å². The minimum absolute atomic E-state index is 1.01. The predicted molar refractivity (Wildman–Crippen MR) is 85.5 cm³/mol. The van der Waals surface area contributed by atoms with Crippen molar-refractivity contribution >= 4 is 11.8 Å². The summed E-state index contributed by atoms with van der Waals surface area (Å²) in [5, 5.41) is 5.89. The second-order valence-electron chi connectivity index (χ2n) is 4.69. The highest BCUT2D eigenvalue weighted by Crippen LogP contribution is 2.26. The average Bonchev–Trinajstić information content (AvgIpc) is 2.93. The molecule has 20 heavy (non-hydrogen) atoms. The van der Waals surface area contributed by atoms with Gasteiger partial charge < -0.3 is 0 Å². The maximum absolute atomic E-state index is 4.75. The molecule has 0 unspecified atom stereocenters. The second-order valence-corrected chi connectivity index (χ2v) is 5.51. The van der Waals surface area contributed by atoms with Gasteiger partial charge in [-0.15, -0.1) is 11.8 Å². The highest BCUT2D eigenvalue weighted by atomic mass is 32.2. The van der Waals surface area contributed by atoms with Crippen LogP contribution in [0.2, 0.25) is 0 Å². The zero-order valence-electron chi connectivity index (χ0n) is 11.6. The van der Waals surface area contributed by atoms with Gasteiger partial charge in [0.25, 0.3) is 0 Å². The van der Waals surface area contributed by atoms with Crippen molar-refractivity contribution in [1.82, 2.24) is 9.78 Å². The van der Waals surface area contributed by atoms with Crippen molar-refractivity contribution in [2.45, 2.75) is 11.9 Å². The average molecular weight is 280 g/mol. The third kappa shape index (κ3) is 2.49. The zero-order valence-corrected chi connectivity index (χ0v) is 12.4. The van der Waals surface area contributed by atoms with Gasteiger partial charge in [-0.25, -0.2) is 4.68 Å². The SMILES string of the molecule is CSc1cc(-c2ccccc2)nn1-c1ccc(C)cc1. The van der Waals surface area contributed by atoms with Gasteiger partial charge in [-0.2, -0.15) is 5.10 Å². The van der Waals surface area contributed by atoms with Crippen LogP contribution in [0.15, 0.2) is 65.7 Å². The van der Waals surface area contributed by atoms with Crippen molar-refractivity contribution in [3.05, 3.63) is 66.2 Å². The van der Waals surface area contributed by atoms with Crippen LogP contribution >= 0.6 is 11.8 Å². The first-order chi connectivity index (χ1) is 9.78. The Bertz CT molecular complexity index is 700. The van der Waals surface area contributed by atoms with Crippen LogP contribution in [0.5, 0.6) is 0 Å². The van der Waals surface area contributed by atoms with Crippen LogP contribution in [0, 0.1) is 6.92 Å². The number of aromatic nitrogens is 2. The van der Waals surface area contributed by atoms with Gasteiger partial charge in [0.1, 0.15) is 5.03 Å². The van der Waals surface area contributed by atoms with E-state index in [9.17, 15) is 0 Å². The molecule has 0 saturated heterocycles. The largest absolute Gasteiger partial charge is 0.227 e. The van der Waals surface area contributed by atoms with E-state index in [-0.39, 0.29) is 0 Å². The molecule has 0 atom stereocenters. The summed E-state index contributed by atoms with van der Waals surface area (Å²) >= 11 is 1.71. The molecule has 1 aromatic heterocycles. The Morgan fingerprint density at radius 3 is 2.30 bits per heavy atom. The van der Waals surface area contributed by atoms with Crippen molar-refractivity contribution < 1.29 is 0 Å². The molecule has 3 heteroatoms. The number of nitrogens with zero attached hydrogens (tertiary/aromatic N) is 2. The number of thioether (sulfide) groups is 1. The first kappa shape index (κ1) is 13.0. The first-order valence-corrected chi connectivity index (χ1v) is 7.77. The molecule has 0 aliphatic heterocycles. The van der Waals surface area contributed by atoms with Gasteiger partial charge in [-0.3, -0.25) is 0 Å². The maximum Gasteiger partial charge on any atom is 0.100 e. The molecule has 0 amide bonds. The molecule has 0 N–H and O–H groups in total. The van der Waals surface area contributed by atoms with E-state index in [2.05, 4.69) is 55.6 Å². The molecule has 0 radical (unpaired) electrons. The Morgan fingerprint density at radius 2 is 1.65 bits per heavy atom. The number of benzene rings is 2. The summed E-state index contributed by atoms with van der Waals surface area (Å²) in [6.45, 7) is 2.09. The van der Waals surface area contributed by atoms with Crippen LogP contribution in [0.3, 0.4) is 0 Å². The fourth-order valence-corrected chi connectivity index (χ4v) is 2.68. The van der Waals surface area contributed by atoms with Crippen LogP contribution in [-0.4, -0.2) is 16.0 Å². The Labute approximate surface area is 123 Å². The fourth-order valence-electron chi connectivity index (χ4n) is 2.13. The Kier molecular flexibility index (Phi) is 3.61. The number of hydrogen-bond acceptors (Lipinski definition) is 2. The smallest absolute Gasteiger partial charge is 0.100 e. The third-order valence-corrected chi connectivity index (χ3v) is 3.94. The van der Waals surface area contributed by atoms with E-state index in [1.165, 1.54) is 5.56 Å². The van der Waals surface area contributed by atoms with Gasteiger partial charge in [0.2, 0.25) is 0 Å². The molecule has 0 saturated carbocycles. The molecule has 2 aromatic carbocycles. The third-order valence-electron chi connectivity index (χ3n) is 3.23. The molecule has 100 valence electrons. The van der Waals surface area contributed by atoms with Crippen molar-refractivity contribution in [3.8, 4) is 16.9 Å². The molecule has 0 fully saturated rings. The van der Waals surface area contributed by atoms with Gasteiger partial charge in [-0.1, -0.05) is 48.0 Å².